The van der Waals surface area contributed by atoms with Gasteiger partial charge in [0.15, 0.2) is 5.65 Å². The molecule has 3 heterocycles. The molecule has 4 bridgehead atoms. The van der Waals surface area contributed by atoms with E-state index in [1.807, 2.05) is 10.6 Å². The van der Waals surface area contributed by atoms with Gasteiger partial charge in [-0.15, -0.1) is 0 Å². The number of anilines is 1. The Kier molecular flexibility index (Phi) is 4.38. The molecule has 4 unspecified atom stereocenters. The van der Waals surface area contributed by atoms with E-state index in [0.717, 1.165) is 56.3 Å². The lowest BCUT2D eigenvalue weighted by molar-refractivity contribution is -0.0612. The second-order valence-corrected chi connectivity index (χ2v) is 11.4. The number of hydrogen-bond acceptors (Lipinski definition) is 6. The first-order valence-corrected chi connectivity index (χ1v) is 12.7. The van der Waals surface area contributed by atoms with E-state index >= 15 is 0 Å². The second kappa shape index (κ2) is 7.19. The van der Waals surface area contributed by atoms with Gasteiger partial charge in [0.1, 0.15) is 5.52 Å². The summed E-state index contributed by atoms with van der Waals surface area (Å²) in [5.41, 5.74) is 1.92. The Labute approximate surface area is 202 Å². The zero-order valence-electron chi connectivity index (χ0n) is 19.1. The normalized spacial score (nSPS) is 37.9. The highest BCUT2D eigenvalue weighted by molar-refractivity contribution is 6.32. The fourth-order valence-corrected chi connectivity index (χ4v) is 7.98. The molecule has 0 spiro atoms. The lowest BCUT2D eigenvalue weighted by Crippen LogP contribution is -2.52. The van der Waals surface area contributed by atoms with Crippen molar-refractivity contribution < 1.29 is 4.74 Å². The van der Waals surface area contributed by atoms with Crippen molar-refractivity contribution in [3.8, 4) is 6.07 Å². The number of allylic oxidation sites excluding steroid dienone is 1. The summed E-state index contributed by atoms with van der Waals surface area (Å²) in [5.74, 6) is 2.03. The van der Waals surface area contributed by atoms with Crippen LogP contribution in [0, 0.1) is 40.4 Å². The van der Waals surface area contributed by atoms with Crippen LogP contribution in [0.25, 0.3) is 11.2 Å². The van der Waals surface area contributed by atoms with Gasteiger partial charge >= 0.3 is 5.69 Å². The molecule has 0 radical (unpaired) electrons. The summed E-state index contributed by atoms with van der Waals surface area (Å²) in [6.45, 7) is 0.732. The molecule has 2 aromatic heterocycles. The van der Waals surface area contributed by atoms with Gasteiger partial charge in [0, 0.05) is 25.6 Å². The molecule has 8 rings (SSSR count). The molecule has 2 aromatic rings. The predicted octanol–water partition coefficient (Wildman–Crippen LogP) is 3.86. The Morgan fingerprint density at radius 2 is 2.06 bits per heavy atom. The van der Waals surface area contributed by atoms with Crippen LogP contribution in [0.15, 0.2) is 33.9 Å². The number of rotatable bonds is 3. The molecule has 0 amide bonds. The maximum Gasteiger partial charge on any atom is 0.330 e. The van der Waals surface area contributed by atoms with E-state index in [1.165, 1.54) is 0 Å². The van der Waals surface area contributed by atoms with Crippen molar-refractivity contribution in [2.45, 2.75) is 50.7 Å². The topological polar surface area (TPSA) is 97.8 Å². The molecule has 6 aliphatic rings. The number of ether oxygens (including phenoxy) is 1. The highest BCUT2D eigenvalue weighted by Crippen LogP contribution is 2.63. The SMILES string of the molecule is Cn1c(=O)n(C2C3CC4CC2CC(C#N)(C4)C3)c2nc(NC3=CC4CCOC4C=C3Cl)ncc21. The number of nitriles is 1. The maximum absolute atomic E-state index is 13.5. The fraction of sp³-hybridized carbons (Fsp3) is 0.600. The zero-order valence-corrected chi connectivity index (χ0v) is 19.8. The van der Waals surface area contributed by atoms with Crippen LogP contribution in [0.5, 0.6) is 0 Å². The van der Waals surface area contributed by atoms with Crippen molar-refractivity contribution in [1.29, 1.82) is 5.26 Å². The third-order valence-electron chi connectivity index (χ3n) is 8.97. The molecule has 8 nitrogen and oxygen atoms in total. The molecule has 34 heavy (non-hydrogen) atoms. The highest BCUT2D eigenvalue weighted by atomic mass is 35.5. The van der Waals surface area contributed by atoms with Gasteiger partial charge in [-0.25, -0.2) is 9.78 Å². The van der Waals surface area contributed by atoms with Crippen LogP contribution in [0.4, 0.5) is 5.95 Å². The molecule has 1 aliphatic heterocycles. The summed E-state index contributed by atoms with van der Waals surface area (Å²) in [7, 11) is 1.79. The Morgan fingerprint density at radius 3 is 2.82 bits per heavy atom. The van der Waals surface area contributed by atoms with Crippen molar-refractivity contribution in [2.75, 3.05) is 11.9 Å². The van der Waals surface area contributed by atoms with Crippen molar-refractivity contribution in [2.24, 2.45) is 36.1 Å². The summed E-state index contributed by atoms with van der Waals surface area (Å²) in [6, 6.07) is 2.74. The monoisotopic (exact) mass is 478 g/mol. The van der Waals surface area contributed by atoms with Gasteiger partial charge in [-0.05, 0) is 62.4 Å². The third-order valence-corrected chi connectivity index (χ3v) is 9.30. The first-order valence-electron chi connectivity index (χ1n) is 12.3. The van der Waals surface area contributed by atoms with E-state index < -0.39 is 0 Å². The predicted molar refractivity (Wildman–Crippen MR) is 127 cm³/mol. The van der Waals surface area contributed by atoms with E-state index in [9.17, 15) is 10.1 Å². The molecule has 9 heteroatoms. The van der Waals surface area contributed by atoms with E-state index in [4.69, 9.17) is 21.3 Å². The Bertz CT molecular complexity index is 1350. The molecular weight excluding hydrogens is 452 g/mol. The van der Waals surface area contributed by atoms with Crippen molar-refractivity contribution in [3.05, 3.63) is 39.6 Å². The summed E-state index contributed by atoms with van der Waals surface area (Å²) in [6.07, 6.45) is 11.8. The second-order valence-electron chi connectivity index (χ2n) is 11.0. The van der Waals surface area contributed by atoms with E-state index in [2.05, 4.69) is 22.4 Å². The summed E-state index contributed by atoms with van der Waals surface area (Å²) in [5, 5.41) is 13.8. The molecule has 5 aliphatic carbocycles. The Hall–Kier alpha value is -2.63. The number of nitrogens with zero attached hydrogens (tertiary/aromatic N) is 5. The molecular formula is C25H27ClN6O2. The summed E-state index contributed by atoms with van der Waals surface area (Å²) in [4.78, 5) is 22.8. The van der Waals surface area contributed by atoms with Crippen LogP contribution in [0.2, 0.25) is 0 Å². The summed E-state index contributed by atoms with van der Waals surface area (Å²) >= 11 is 6.52. The largest absolute Gasteiger partial charge is 0.373 e. The van der Waals surface area contributed by atoms with E-state index in [0.29, 0.717) is 40.3 Å². The standard InChI is InChI=1S/C25H27ClN6O2/c1-31-19-11-28-23(29-18-6-14-2-3-34-20(14)7-17(18)26)30-22(19)32(24(31)33)21-15-4-13-5-16(21)10-25(8-13,9-15)12-27/h6-7,11,13-16,20-21H,2-5,8-10H2,1H3,(H,28,29,30). The smallest absolute Gasteiger partial charge is 0.330 e. The highest BCUT2D eigenvalue weighted by Gasteiger charge is 2.56. The number of nitrogens with one attached hydrogen (secondary N) is 1. The number of halogens is 1. The van der Waals surface area contributed by atoms with Gasteiger partial charge in [0.2, 0.25) is 5.95 Å². The first-order chi connectivity index (χ1) is 16.4. The minimum Gasteiger partial charge on any atom is -0.373 e. The molecule has 1 saturated heterocycles. The number of aryl methyl sites for hydroxylation is 1. The fourth-order valence-electron chi connectivity index (χ4n) is 7.75. The van der Waals surface area contributed by atoms with Gasteiger partial charge in [-0.2, -0.15) is 10.2 Å². The minimum absolute atomic E-state index is 0.0365. The van der Waals surface area contributed by atoms with Crippen molar-refractivity contribution >= 4 is 28.7 Å². The number of aromatic nitrogens is 4. The average Bonchev–Trinajstić information content (AvgIpc) is 3.36. The summed E-state index contributed by atoms with van der Waals surface area (Å²) < 4.78 is 9.28. The average molecular weight is 479 g/mol. The lowest BCUT2D eigenvalue weighted by Gasteiger charge is -2.57. The van der Waals surface area contributed by atoms with Gasteiger partial charge in [0.05, 0.1) is 34.5 Å². The van der Waals surface area contributed by atoms with Gasteiger partial charge in [-0.1, -0.05) is 17.7 Å². The lowest BCUT2D eigenvalue weighted by atomic mass is 9.48. The quantitative estimate of drug-likeness (QED) is 0.719. The number of fused-ring (bicyclic) bond motifs is 2. The first kappa shape index (κ1) is 20.7. The van der Waals surface area contributed by atoms with Gasteiger partial charge in [-0.3, -0.25) is 9.13 Å². The molecule has 4 atom stereocenters. The van der Waals surface area contributed by atoms with Crippen LogP contribution in [-0.2, 0) is 11.8 Å². The van der Waals surface area contributed by atoms with Gasteiger partial charge in [0.25, 0.3) is 0 Å². The van der Waals surface area contributed by atoms with Crippen molar-refractivity contribution in [1.82, 2.24) is 19.1 Å². The Morgan fingerprint density at radius 1 is 1.26 bits per heavy atom. The molecule has 5 fully saturated rings. The minimum atomic E-state index is -0.193. The van der Waals surface area contributed by atoms with E-state index in [-0.39, 0.29) is 23.3 Å². The molecule has 0 aromatic carbocycles. The van der Waals surface area contributed by atoms with Gasteiger partial charge < -0.3 is 10.1 Å². The van der Waals surface area contributed by atoms with Crippen LogP contribution >= 0.6 is 11.6 Å². The number of imidazole rings is 1. The number of hydrogen-bond donors (Lipinski definition) is 1. The molecule has 176 valence electrons. The Balaban J connectivity index is 1.28. The molecule has 1 N–H and O–H groups in total. The zero-order chi connectivity index (χ0) is 23.2. The van der Waals surface area contributed by atoms with Crippen LogP contribution in [0.1, 0.15) is 44.6 Å². The van der Waals surface area contributed by atoms with Crippen LogP contribution in [0.3, 0.4) is 0 Å². The maximum atomic E-state index is 13.5. The third kappa shape index (κ3) is 2.89. The van der Waals surface area contributed by atoms with Crippen LogP contribution < -0.4 is 11.0 Å². The molecule has 4 saturated carbocycles. The van der Waals surface area contributed by atoms with Crippen LogP contribution in [-0.4, -0.2) is 31.8 Å². The van der Waals surface area contributed by atoms with E-state index in [1.54, 1.807) is 17.8 Å². The van der Waals surface area contributed by atoms with Crippen molar-refractivity contribution in [3.63, 3.8) is 0 Å².